The lowest BCUT2D eigenvalue weighted by molar-refractivity contribution is -0.0817. The van der Waals surface area contributed by atoms with E-state index in [1.54, 1.807) is 0 Å². The van der Waals surface area contributed by atoms with Crippen LogP contribution in [0.4, 0.5) is 0 Å². The second-order valence-corrected chi connectivity index (χ2v) is 7.78. The van der Waals surface area contributed by atoms with Crippen LogP contribution in [0, 0.1) is 0 Å². The molecule has 29 heavy (non-hydrogen) atoms. The largest absolute Gasteiger partial charge is 0.375 e. The minimum Gasteiger partial charge on any atom is -0.375 e. The van der Waals surface area contributed by atoms with E-state index < -0.39 is 0 Å². The topological polar surface area (TPSA) is 63.9 Å². The van der Waals surface area contributed by atoms with Gasteiger partial charge in [0, 0.05) is 43.0 Å². The summed E-state index contributed by atoms with van der Waals surface area (Å²) in [5.74, 6) is 0.915. The Balaban J connectivity index is 1.42. The van der Waals surface area contributed by atoms with Crippen LogP contribution in [0.5, 0.6) is 0 Å². The maximum atomic E-state index is 5.97. The molecule has 0 amide bonds. The Hall–Kier alpha value is -2.09. The zero-order chi connectivity index (χ0) is 20.1. The van der Waals surface area contributed by atoms with Crippen molar-refractivity contribution < 1.29 is 9.47 Å². The summed E-state index contributed by atoms with van der Waals surface area (Å²) in [5.41, 5.74) is 2.03. The molecular formula is C21H28ClN5O2. The van der Waals surface area contributed by atoms with Gasteiger partial charge in [-0.3, -0.25) is 0 Å². The van der Waals surface area contributed by atoms with Crippen LogP contribution in [0.15, 0.2) is 41.7 Å². The number of halogens is 1. The van der Waals surface area contributed by atoms with Gasteiger partial charge in [-0.25, -0.2) is 9.67 Å². The molecule has 8 heteroatoms. The number of aromatic nitrogens is 2. The molecule has 2 fully saturated rings. The van der Waals surface area contributed by atoms with Crippen molar-refractivity contribution in [2.75, 3.05) is 32.8 Å². The average Bonchev–Trinajstić information content (AvgIpc) is 3.44. The van der Waals surface area contributed by atoms with Gasteiger partial charge in [-0.2, -0.15) is 5.10 Å². The lowest BCUT2D eigenvalue weighted by Crippen LogP contribution is -2.53. The fourth-order valence-corrected chi connectivity index (χ4v) is 3.88. The van der Waals surface area contributed by atoms with Gasteiger partial charge >= 0.3 is 0 Å². The minimum atomic E-state index is 0.114. The van der Waals surface area contributed by atoms with Crippen LogP contribution in [-0.4, -0.2) is 65.7 Å². The third kappa shape index (κ3) is 5.10. The Morgan fingerprint density at radius 3 is 2.83 bits per heavy atom. The summed E-state index contributed by atoms with van der Waals surface area (Å²) in [6.07, 6.45) is 6.38. The average molecular weight is 418 g/mol. The summed E-state index contributed by atoms with van der Waals surface area (Å²) >= 11 is 5.97. The first-order valence-corrected chi connectivity index (χ1v) is 10.7. The summed E-state index contributed by atoms with van der Waals surface area (Å²) in [7, 11) is 0. The molecule has 2 atom stereocenters. The third-order valence-corrected chi connectivity index (χ3v) is 5.50. The molecule has 2 aliphatic rings. The number of guanidine groups is 1. The van der Waals surface area contributed by atoms with Crippen LogP contribution >= 0.6 is 11.6 Å². The molecule has 156 valence electrons. The van der Waals surface area contributed by atoms with Crippen molar-refractivity contribution in [1.29, 1.82) is 0 Å². The summed E-state index contributed by atoms with van der Waals surface area (Å²) < 4.78 is 13.6. The number of hydrogen-bond donors (Lipinski definition) is 1. The normalized spacial score (nSPS) is 22.8. The van der Waals surface area contributed by atoms with E-state index in [9.17, 15) is 0 Å². The van der Waals surface area contributed by atoms with E-state index in [2.05, 4.69) is 22.2 Å². The van der Waals surface area contributed by atoms with Gasteiger partial charge in [0.05, 0.1) is 31.1 Å². The fourth-order valence-electron chi connectivity index (χ4n) is 3.76. The predicted octanol–water partition coefficient (Wildman–Crippen LogP) is 2.87. The van der Waals surface area contributed by atoms with E-state index in [4.69, 9.17) is 26.1 Å². The number of aliphatic imine (C=N–C) groups is 1. The predicted molar refractivity (Wildman–Crippen MR) is 114 cm³/mol. The summed E-state index contributed by atoms with van der Waals surface area (Å²) in [4.78, 5) is 7.13. The SMILES string of the molecule is CCNC(=NCc1cnn(-c2ccc(Cl)cc2)c1)N1CCOC(C2CCCO2)C1. The molecular weight excluding hydrogens is 390 g/mol. The van der Waals surface area contributed by atoms with Crippen molar-refractivity contribution in [2.45, 2.75) is 38.5 Å². The van der Waals surface area contributed by atoms with E-state index in [1.807, 2.05) is 41.3 Å². The molecule has 3 heterocycles. The highest BCUT2D eigenvalue weighted by molar-refractivity contribution is 6.30. The number of nitrogens with one attached hydrogen (secondary N) is 1. The molecule has 2 aromatic rings. The first-order valence-electron chi connectivity index (χ1n) is 10.3. The Morgan fingerprint density at radius 2 is 2.07 bits per heavy atom. The Labute approximate surface area is 176 Å². The van der Waals surface area contributed by atoms with Crippen LogP contribution < -0.4 is 5.32 Å². The van der Waals surface area contributed by atoms with E-state index in [0.717, 1.165) is 56.3 Å². The van der Waals surface area contributed by atoms with Crippen LogP contribution in [0.25, 0.3) is 5.69 Å². The van der Waals surface area contributed by atoms with Crippen LogP contribution in [0.3, 0.4) is 0 Å². The van der Waals surface area contributed by atoms with Crippen molar-refractivity contribution >= 4 is 17.6 Å². The summed E-state index contributed by atoms with van der Waals surface area (Å²) in [6, 6.07) is 7.63. The fraction of sp³-hybridized carbons (Fsp3) is 0.524. The first-order chi connectivity index (χ1) is 14.2. The molecule has 4 rings (SSSR count). The van der Waals surface area contributed by atoms with Gasteiger partial charge in [0.15, 0.2) is 5.96 Å². The van der Waals surface area contributed by atoms with Gasteiger partial charge in [-0.05, 0) is 44.0 Å². The van der Waals surface area contributed by atoms with Crippen molar-refractivity contribution in [2.24, 2.45) is 4.99 Å². The van der Waals surface area contributed by atoms with Gasteiger partial charge in [0.2, 0.25) is 0 Å². The highest BCUT2D eigenvalue weighted by Crippen LogP contribution is 2.21. The van der Waals surface area contributed by atoms with E-state index in [-0.39, 0.29) is 12.2 Å². The number of morpholine rings is 1. The van der Waals surface area contributed by atoms with Gasteiger partial charge in [0.1, 0.15) is 6.10 Å². The molecule has 2 saturated heterocycles. The van der Waals surface area contributed by atoms with Gasteiger partial charge in [0.25, 0.3) is 0 Å². The highest BCUT2D eigenvalue weighted by Gasteiger charge is 2.32. The third-order valence-electron chi connectivity index (χ3n) is 5.25. The maximum absolute atomic E-state index is 5.97. The Morgan fingerprint density at radius 1 is 1.24 bits per heavy atom. The molecule has 1 aromatic carbocycles. The highest BCUT2D eigenvalue weighted by atomic mass is 35.5. The van der Waals surface area contributed by atoms with Crippen LogP contribution in [0.1, 0.15) is 25.3 Å². The lowest BCUT2D eigenvalue weighted by Gasteiger charge is -2.37. The van der Waals surface area contributed by atoms with Crippen molar-refractivity contribution in [3.05, 3.63) is 47.2 Å². The number of nitrogens with zero attached hydrogens (tertiary/aromatic N) is 4. The van der Waals surface area contributed by atoms with E-state index in [0.29, 0.717) is 18.2 Å². The smallest absolute Gasteiger partial charge is 0.194 e. The van der Waals surface area contributed by atoms with Crippen LogP contribution in [-0.2, 0) is 16.0 Å². The molecule has 0 radical (unpaired) electrons. The second-order valence-electron chi connectivity index (χ2n) is 7.35. The van der Waals surface area contributed by atoms with E-state index >= 15 is 0 Å². The summed E-state index contributed by atoms with van der Waals surface area (Å²) in [6.45, 7) is 6.66. The summed E-state index contributed by atoms with van der Waals surface area (Å²) in [5, 5.41) is 8.58. The van der Waals surface area contributed by atoms with Gasteiger partial charge in [-0.1, -0.05) is 11.6 Å². The molecule has 1 aromatic heterocycles. The molecule has 2 unspecified atom stereocenters. The molecule has 0 spiro atoms. The zero-order valence-corrected chi connectivity index (χ0v) is 17.5. The second kappa shape index (κ2) is 9.61. The first kappa shape index (κ1) is 20.2. The van der Waals surface area contributed by atoms with E-state index in [1.165, 1.54) is 0 Å². The zero-order valence-electron chi connectivity index (χ0n) is 16.8. The number of hydrogen-bond acceptors (Lipinski definition) is 4. The quantitative estimate of drug-likeness (QED) is 0.598. The Bertz CT molecular complexity index is 817. The van der Waals surface area contributed by atoms with Crippen molar-refractivity contribution in [1.82, 2.24) is 20.0 Å². The van der Waals surface area contributed by atoms with Gasteiger partial charge in [-0.15, -0.1) is 0 Å². The van der Waals surface area contributed by atoms with Crippen LogP contribution in [0.2, 0.25) is 5.02 Å². The molecule has 0 bridgehead atoms. The molecule has 0 saturated carbocycles. The number of benzene rings is 1. The van der Waals surface area contributed by atoms with Crippen molar-refractivity contribution in [3.8, 4) is 5.69 Å². The molecule has 2 aliphatic heterocycles. The van der Waals surface area contributed by atoms with Gasteiger partial charge < -0.3 is 19.7 Å². The lowest BCUT2D eigenvalue weighted by atomic mass is 10.1. The van der Waals surface area contributed by atoms with Crippen molar-refractivity contribution in [3.63, 3.8) is 0 Å². The molecule has 1 N–H and O–H groups in total. The minimum absolute atomic E-state index is 0.114. The molecule has 0 aliphatic carbocycles. The monoisotopic (exact) mass is 417 g/mol. The standard InChI is InChI=1S/C21H28ClN5O2/c1-2-23-21(26-9-11-29-20(15-26)19-4-3-10-28-19)24-12-16-13-25-27(14-16)18-7-5-17(22)6-8-18/h5-8,13-14,19-20H,2-4,9-12,15H2,1H3,(H,23,24). The number of ether oxygens (including phenoxy) is 2. The molecule has 7 nitrogen and oxygen atoms in total. The number of rotatable bonds is 5. The maximum Gasteiger partial charge on any atom is 0.194 e. The Kier molecular flexibility index (Phi) is 6.69.